The fraction of sp³-hybridized carbons (Fsp3) is 0.857. The van der Waals surface area contributed by atoms with Crippen molar-refractivity contribution in [1.29, 1.82) is 0 Å². The lowest BCUT2D eigenvalue weighted by atomic mass is 9.46. The summed E-state index contributed by atoms with van der Waals surface area (Å²) in [5, 5.41) is 0. The molecule has 0 N–H and O–H groups in total. The van der Waals surface area contributed by atoms with Gasteiger partial charge in [0.2, 0.25) is 0 Å². The molecule has 0 bridgehead atoms. The summed E-state index contributed by atoms with van der Waals surface area (Å²) in [4.78, 5) is 24.9. The van der Waals surface area contributed by atoms with E-state index in [2.05, 4.69) is 0 Å². The second kappa shape index (κ2) is 7.28. The van der Waals surface area contributed by atoms with Crippen molar-refractivity contribution in [2.75, 3.05) is 0 Å². The number of hydrogen-bond acceptors (Lipinski definition) is 3. The van der Waals surface area contributed by atoms with Gasteiger partial charge in [-0.2, -0.15) is 0 Å². The van der Waals surface area contributed by atoms with E-state index in [0.29, 0.717) is 12.8 Å². The zero-order valence-corrected chi connectivity index (χ0v) is 13.2. The minimum Gasteiger partial charge on any atom is -0.495 e. The molecule has 0 saturated heterocycles. The number of carbonyl (C=O) groups is 2. The van der Waals surface area contributed by atoms with Crippen molar-refractivity contribution in [3.05, 3.63) is 0 Å². The predicted molar refractivity (Wildman–Crippen MR) is 80.0 cm³/mol. The molecule has 0 aliphatic carbocycles. The van der Waals surface area contributed by atoms with E-state index < -0.39 is 17.7 Å². The van der Waals surface area contributed by atoms with Crippen LogP contribution >= 0.6 is 0 Å². The average Bonchev–Trinajstić information content (AvgIpc) is 2.29. The summed E-state index contributed by atoms with van der Waals surface area (Å²) >= 11 is 0. The summed E-state index contributed by atoms with van der Waals surface area (Å²) in [6, 6.07) is 0. The first-order valence-corrected chi connectivity index (χ1v) is 7.08. The minimum absolute atomic E-state index is 0.217. The van der Waals surface area contributed by atoms with Crippen molar-refractivity contribution in [1.82, 2.24) is 0 Å². The maximum absolute atomic E-state index is 12.5. The molecule has 0 aliphatic rings. The Morgan fingerprint density at radius 3 is 1.47 bits per heavy atom. The predicted octanol–water partition coefficient (Wildman–Crippen LogP) is 2.95. The zero-order valence-electron chi connectivity index (χ0n) is 13.2. The molecule has 0 amide bonds. The second-order valence-corrected chi connectivity index (χ2v) is 6.51. The van der Waals surface area contributed by atoms with Gasteiger partial charge in [-0.05, 0) is 12.8 Å². The first kappa shape index (κ1) is 18.4. The van der Waals surface area contributed by atoms with Crippen LogP contribution in [0.4, 0.5) is 0 Å². The highest BCUT2D eigenvalue weighted by Crippen LogP contribution is 2.29. The molecular weight excluding hydrogens is 238 g/mol. The third-order valence-corrected chi connectivity index (χ3v) is 3.70. The van der Waals surface area contributed by atoms with Gasteiger partial charge in [0.15, 0.2) is 0 Å². The lowest BCUT2D eigenvalue weighted by molar-refractivity contribution is -0.125. The Kier molecular flexibility index (Phi) is 7.06. The molecule has 0 spiro atoms. The largest absolute Gasteiger partial charge is 0.495 e. The summed E-state index contributed by atoms with van der Waals surface area (Å²) in [6.07, 6.45) is 3.19. The molecular formula is C14H26B2O3. The maximum Gasteiger partial charge on any atom is 0.428 e. The molecule has 0 fully saturated rings. The molecule has 0 aromatic carbocycles. The van der Waals surface area contributed by atoms with E-state index in [1.54, 1.807) is 0 Å². The minimum atomic E-state index is -1.15. The van der Waals surface area contributed by atoms with E-state index in [0.717, 1.165) is 12.8 Å². The van der Waals surface area contributed by atoms with Crippen LogP contribution in [-0.4, -0.2) is 26.3 Å². The standard InChI is InChI=1S/C14H26B2O3/c1-7-9-13(3,4)11(17)16(19-15)12(18)14(5,6)10-8-2/h7-10H2,1-6H3. The van der Waals surface area contributed by atoms with Gasteiger partial charge in [-0.15, -0.1) is 0 Å². The Morgan fingerprint density at radius 2 is 1.26 bits per heavy atom. The van der Waals surface area contributed by atoms with Crippen LogP contribution in [0.3, 0.4) is 0 Å². The van der Waals surface area contributed by atoms with Crippen LogP contribution in [0, 0.1) is 10.8 Å². The van der Waals surface area contributed by atoms with Crippen molar-refractivity contribution in [3.63, 3.8) is 0 Å². The van der Waals surface area contributed by atoms with E-state index in [9.17, 15) is 9.59 Å². The van der Waals surface area contributed by atoms with Crippen LogP contribution in [0.1, 0.15) is 67.2 Å². The summed E-state index contributed by atoms with van der Waals surface area (Å²) in [7, 11) is 5.22. The fourth-order valence-corrected chi connectivity index (χ4v) is 2.45. The van der Waals surface area contributed by atoms with Gasteiger partial charge in [0, 0.05) is 10.8 Å². The van der Waals surface area contributed by atoms with Gasteiger partial charge in [0.05, 0.1) is 0 Å². The van der Waals surface area contributed by atoms with Crippen LogP contribution in [0.5, 0.6) is 0 Å². The summed E-state index contributed by atoms with van der Waals surface area (Å²) < 4.78 is 4.74. The van der Waals surface area contributed by atoms with Gasteiger partial charge in [-0.3, -0.25) is 0 Å². The molecule has 5 heteroatoms. The molecule has 0 saturated carbocycles. The van der Waals surface area contributed by atoms with Gasteiger partial charge in [0.25, 0.3) is 8.05 Å². The summed E-state index contributed by atoms with van der Waals surface area (Å²) in [5.41, 5.74) is -1.61. The lowest BCUT2D eigenvalue weighted by Crippen LogP contribution is -2.50. The Bertz CT molecular complexity index is 295. The highest BCUT2D eigenvalue weighted by atomic mass is 16.4. The number of rotatable bonds is 9. The van der Waals surface area contributed by atoms with E-state index in [-0.39, 0.29) is 11.4 Å². The van der Waals surface area contributed by atoms with Crippen LogP contribution in [0.2, 0.25) is 0 Å². The highest BCUT2D eigenvalue weighted by molar-refractivity contribution is 7.09. The van der Waals surface area contributed by atoms with Gasteiger partial charge >= 0.3 is 6.92 Å². The van der Waals surface area contributed by atoms with Gasteiger partial charge in [-0.1, -0.05) is 54.4 Å². The average molecular weight is 264 g/mol. The molecule has 0 aromatic rings. The van der Waals surface area contributed by atoms with Crippen LogP contribution in [0.15, 0.2) is 0 Å². The second-order valence-electron chi connectivity index (χ2n) is 6.51. The third-order valence-electron chi connectivity index (χ3n) is 3.70. The van der Waals surface area contributed by atoms with Crippen LogP contribution in [-0.2, 0) is 14.2 Å². The topological polar surface area (TPSA) is 43.4 Å². The molecule has 0 heterocycles. The molecule has 0 unspecified atom stereocenters. The first-order chi connectivity index (χ1) is 8.64. The zero-order chi connectivity index (χ0) is 15.3. The molecule has 0 aliphatic heterocycles. The molecule has 2 radical (unpaired) electrons. The molecule has 0 atom stereocenters. The molecule has 0 aromatic heterocycles. The summed E-state index contributed by atoms with van der Waals surface area (Å²) in [5.74, 6) is 0. The monoisotopic (exact) mass is 264 g/mol. The van der Waals surface area contributed by atoms with E-state index in [4.69, 9.17) is 12.6 Å². The number of carbonyl (C=O) groups excluding carboxylic acids is 2. The van der Waals surface area contributed by atoms with Crippen molar-refractivity contribution >= 4 is 26.3 Å². The van der Waals surface area contributed by atoms with Crippen molar-refractivity contribution in [2.45, 2.75) is 67.2 Å². The SMILES string of the molecule is [B]OB(C(=O)C(C)(C)CCC)C(=O)C(C)(C)CCC. The summed E-state index contributed by atoms with van der Waals surface area (Å²) in [6.45, 7) is 10.2. The van der Waals surface area contributed by atoms with Crippen LogP contribution in [0.25, 0.3) is 0 Å². The highest BCUT2D eigenvalue weighted by Gasteiger charge is 2.46. The smallest absolute Gasteiger partial charge is 0.428 e. The molecule has 0 rings (SSSR count). The van der Waals surface area contributed by atoms with Gasteiger partial charge < -0.3 is 14.2 Å². The van der Waals surface area contributed by atoms with Crippen molar-refractivity contribution in [3.8, 4) is 0 Å². The maximum atomic E-state index is 12.5. The van der Waals surface area contributed by atoms with Gasteiger partial charge in [0.1, 0.15) is 11.4 Å². The Morgan fingerprint density at radius 1 is 0.947 bits per heavy atom. The quantitative estimate of drug-likeness (QED) is 0.601. The Balaban J connectivity index is 5.12. The van der Waals surface area contributed by atoms with Crippen LogP contribution < -0.4 is 0 Å². The normalized spacial score (nSPS) is 12.3. The molecule has 3 nitrogen and oxygen atoms in total. The third kappa shape index (κ3) is 4.79. The van der Waals surface area contributed by atoms with E-state index in [1.165, 1.54) is 0 Å². The molecule has 19 heavy (non-hydrogen) atoms. The van der Waals surface area contributed by atoms with Gasteiger partial charge in [-0.25, -0.2) is 0 Å². The van der Waals surface area contributed by atoms with Crippen molar-refractivity contribution < 1.29 is 14.2 Å². The van der Waals surface area contributed by atoms with Crippen molar-refractivity contribution in [2.24, 2.45) is 10.8 Å². The Hall–Kier alpha value is -0.570. The molecule has 106 valence electrons. The fourth-order valence-electron chi connectivity index (χ4n) is 2.45. The lowest BCUT2D eigenvalue weighted by Gasteiger charge is -2.30. The van der Waals surface area contributed by atoms with E-state index in [1.807, 2.05) is 41.5 Å². The van der Waals surface area contributed by atoms with E-state index >= 15 is 0 Å². The Labute approximate surface area is 119 Å². The first-order valence-electron chi connectivity index (χ1n) is 7.08. The number of hydrogen-bond donors (Lipinski definition) is 0.